The van der Waals surface area contributed by atoms with Crippen molar-refractivity contribution >= 4 is 45.2 Å². The molecule has 0 radical (unpaired) electrons. The van der Waals surface area contributed by atoms with Gasteiger partial charge in [-0.05, 0) is 66.1 Å². The van der Waals surface area contributed by atoms with Crippen LogP contribution in [0.1, 0.15) is 23.6 Å². The number of halogens is 2. The van der Waals surface area contributed by atoms with Gasteiger partial charge in [0, 0.05) is 21.6 Å². The van der Waals surface area contributed by atoms with Gasteiger partial charge in [-0.25, -0.2) is 0 Å². The molecule has 0 fully saturated rings. The van der Waals surface area contributed by atoms with Gasteiger partial charge >= 0.3 is 0 Å². The van der Waals surface area contributed by atoms with Crippen LogP contribution in [0.5, 0.6) is 5.75 Å². The summed E-state index contributed by atoms with van der Waals surface area (Å²) in [5, 5.41) is 12.8. The molecular formula is C25H20BrClN2O2. The molecule has 3 aromatic rings. The van der Waals surface area contributed by atoms with Crippen LogP contribution in [0.2, 0.25) is 5.02 Å². The topological polar surface area (TPSA) is 62.1 Å². The lowest BCUT2D eigenvalue weighted by Gasteiger charge is -2.08. The third-order valence-corrected chi connectivity index (χ3v) is 5.64. The minimum atomic E-state index is -0.486. The highest BCUT2D eigenvalue weighted by molar-refractivity contribution is 9.10. The number of ether oxygens (including phenoxy) is 1. The van der Waals surface area contributed by atoms with Crippen molar-refractivity contribution in [1.29, 1.82) is 5.26 Å². The standard InChI is InChI=1S/C25H20BrClN2O2/c1-2-31-22-11-9-21(10-12-22)29-25(30)20(16-28)13-17-7-8-19(24(27)14-17)15-18-5-3-4-6-23(18)26/h3-14H,2,15H2,1H3,(H,29,30)/b20-13+. The molecule has 0 unspecified atom stereocenters. The molecule has 0 spiro atoms. The molecule has 4 nitrogen and oxygen atoms in total. The lowest BCUT2D eigenvalue weighted by Crippen LogP contribution is -2.13. The Morgan fingerprint density at radius 1 is 1.13 bits per heavy atom. The molecule has 0 saturated carbocycles. The number of rotatable bonds is 7. The maximum atomic E-state index is 12.5. The van der Waals surface area contributed by atoms with Crippen molar-refractivity contribution in [1.82, 2.24) is 0 Å². The molecule has 0 aromatic heterocycles. The zero-order valence-electron chi connectivity index (χ0n) is 16.9. The predicted octanol–water partition coefficient (Wildman–Crippen LogP) is 6.64. The van der Waals surface area contributed by atoms with Crippen LogP contribution in [0.25, 0.3) is 6.08 Å². The van der Waals surface area contributed by atoms with E-state index in [0.717, 1.165) is 15.6 Å². The molecule has 0 bridgehead atoms. The molecule has 3 rings (SSSR count). The van der Waals surface area contributed by atoms with Crippen LogP contribution < -0.4 is 10.1 Å². The van der Waals surface area contributed by atoms with Crippen molar-refractivity contribution < 1.29 is 9.53 Å². The number of benzene rings is 3. The van der Waals surface area contributed by atoms with Gasteiger partial charge in [-0.3, -0.25) is 4.79 Å². The normalized spacial score (nSPS) is 11.0. The Balaban J connectivity index is 1.74. The summed E-state index contributed by atoms with van der Waals surface area (Å²) in [6.45, 7) is 2.47. The van der Waals surface area contributed by atoms with E-state index >= 15 is 0 Å². The minimum Gasteiger partial charge on any atom is -0.494 e. The highest BCUT2D eigenvalue weighted by Crippen LogP contribution is 2.26. The molecule has 1 amide bonds. The number of amides is 1. The Hall–Kier alpha value is -3.07. The molecule has 0 aliphatic rings. The largest absolute Gasteiger partial charge is 0.494 e. The number of nitriles is 1. The second-order valence-corrected chi connectivity index (χ2v) is 7.96. The number of carbonyl (C=O) groups is 1. The summed E-state index contributed by atoms with van der Waals surface area (Å²) in [5.41, 5.74) is 3.34. The Morgan fingerprint density at radius 3 is 2.52 bits per heavy atom. The Morgan fingerprint density at radius 2 is 1.87 bits per heavy atom. The van der Waals surface area contributed by atoms with Crippen LogP contribution in [0.4, 0.5) is 5.69 Å². The van der Waals surface area contributed by atoms with E-state index in [1.807, 2.05) is 49.4 Å². The maximum Gasteiger partial charge on any atom is 0.266 e. The van der Waals surface area contributed by atoms with Crippen molar-refractivity contribution in [2.45, 2.75) is 13.3 Å². The first kappa shape index (κ1) is 22.6. The Kier molecular flexibility index (Phi) is 7.88. The van der Waals surface area contributed by atoms with Crippen LogP contribution in [0, 0.1) is 11.3 Å². The van der Waals surface area contributed by atoms with Crippen molar-refractivity contribution in [3.63, 3.8) is 0 Å². The van der Waals surface area contributed by atoms with Gasteiger partial charge in [0.25, 0.3) is 5.91 Å². The molecule has 3 aromatic carbocycles. The lowest BCUT2D eigenvalue weighted by molar-refractivity contribution is -0.112. The highest BCUT2D eigenvalue weighted by atomic mass is 79.9. The summed E-state index contributed by atoms with van der Waals surface area (Å²) in [7, 11) is 0. The van der Waals surface area contributed by atoms with E-state index in [0.29, 0.717) is 35.1 Å². The van der Waals surface area contributed by atoms with Crippen LogP contribution in [0.3, 0.4) is 0 Å². The number of nitrogens with one attached hydrogen (secondary N) is 1. The smallest absolute Gasteiger partial charge is 0.266 e. The van der Waals surface area contributed by atoms with Crippen LogP contribution in [-0.4, -0.2) is 12.5 Å². The summed E-state index contributed by atoms with van der Waals surface area (Å²) < 4.78 is 6.41. The first-order valence-corrected chi connectivity index (χ1v) is 10.8. The minimum absolute atomic E-state index is 0.0106. The molecular weight excluding hydrogens is 476 g/mol. The second kappa shape index (κ2) is 10.8. The van der Waals surface area contributed by atoms with Gasteiger partial charge in [-0.15, -0.1) is 0 Å². The van der Waals surface area contributed by atoms with Crippen LogP contribution >= 0.6 is 27.5 Å². The SMILES string of the molecule is CCOc1ccc(NC(=O)/C(C#N)=C/c2ccc(Cc3ccccc3Br)c(Cl)c2)cc1. The van der Waals surface area contributed by atoms with Crippen molar-refractivity contribution in [2.24, 2.45) is 0 Å². The van der Waals surface area contributed by atoms with E-state index in [2.05, 4.69) is 21.2 Å². The van der Waals surface area contributed by atoms with Gasteiger partial charge in [0.05, 0.1) is 6.61 Å². The maximum absolute atomic E-state index is 12.5. The molecule has 0 aliphatic heterocycles. The molecule has 156 valence electrons. The third kappa shape index (κ3) is 6.21. The average Bonchev–Trinajstić information content (AvgIpc) is 2.76. The second-order valence-electron chi connectivity index (χ2n) is 6.70. The summed E-state index contributed by atoms with van der Waals surface area (Å²) in [5.74, 6) is 0.230. The fourth-order valence-corrected chi connectivity index (χ4v) is 3.64. The fourth-order valence-electron chi connectivity index (χ4n) is 2.96. The van der Waals surface area contributed by atoms with Crippen molar-refractivity contribution in [3.8, 4) is 11.8 Å². The zero-order chi connectivity index (χ0) is 22.2. The van der Waals surface area contributed by atoms with Gasteiger partial charge in [-0.2, -0.15) is 5.26 Å². The summed E-state index contributed by atoms with van der Waals surface area (Å²) in [6, 6.07) is 22.4. The molecule has 0 aliphatic carbocycles. The van der Waals surface area contributed by atoms with Gasteiger partial charge in [-0.1, -0.05) is 57.9 Å². The predicted molar refractivity (Wildman–Crippen MR) is 128 cm³/mol. The van der Waals surface area contributed by atoms with Gasteiger partial charge < -0.3 is 10.1 Å². The van der Waals surface area contributed by atoms with E-state index in [1.54, 1.807) is 30.3 Å². The van der Waals surface area contributed by atoms with E-state index in [1.165, 1.54) is 6.08 Å². The molecule has 0 heterocycles. The quantitative estimate of drug-likeness (QED) is 0.295. The Bertz CT molecular complexity index is 1150. The van der Waals surface area contributed by atoms with Gasteiger partial charge in [0.2, 0.25) is 0 Å². The van der Waals surface area contributed by atoms with E-state index < -0.39 is 5.91 Å². The molecule has 6 heteroatoms. The van der Waals surface area contributed by atoms with Crippen LogP contribution in [-0.2, 0) is 11.2 Å². The number of hydrogen-bond acceptors (Lipinski definition) is 3. The summed E-state index contributed by atoms with van der Waals surface area (Å²) in [4.78, 5) is 12.5. The zero-order valence-corrected chi connectivity index (χ0v) is 19.2. The first-order chi connectivity index (χ1) is 15.0. The monoisotopic (exact) mass is 494 g/mol. The highest BCUT2D eigenvalue weighted by Gasteiger charge is 2.11. The molecule has 0 saturated heterocycles. The van der Waals surface area contributed by atoms with E-state index in [4.69, 9.17) is 16.3 Å². The number of anilines is 1. The lowest BCUT2D eigenvalue weighted by atomic mass is 10.0. The fraction of sp³-hybridized carbons (Fsp3) is 0.120. The summed E-state index contributed by atoms with van der Waals surface area (Å²) in [6.07, 6.45) is 2.20. The first-order valence-electron chi connectivity index (χ1n) is 9.68. The van der Waals surface area contributed by atoms with Gasteiger partial charge in [0.1, 0.15) is 17.4 Å². The van der Waals surface area contributed by atoms with Gasteiger partial charge in [0.15, 0.2) is 0 Å². The number of carbonyl (C=O) groups excluding carboxylic acids is 1. The number of hydrogen-bond donors (Lipinski definition) is 1. The molecule has 0 atom stereocenters. The summed E-state index contributed by atoms with van der Waals surface area (Å²) >= 11 is 10.0. The average molecular weight is 496 g/mol. The van der Waals surface area contributed by atoms with E-state index in [-0.39, 0.29) is 5.57 Å². The Labute approximate surface area is 195 Å². The third-order valence-electron chi connectivity index (χ3n) is 4.52. The van der Waals surface area contributed by atoms with E-state index in [9.17, 15) is 10.1 Å². The van der Waals surface area contributed by atoms with Crippen molar-refractivity contribution in [2.75, 3.05) is 11.9 Å². The molecule has 31 heavy (non-hydrogen) atoms. The van der Waals surface area contributed by atoms with Crippen LogP contribution in [0.15, 0.2) is 76.8 Å². The molecule has 1 N–H and O–H groups in total. The van der Waals surface area contributed by atoms with Crippen molar-refractivity contribution in [3.05, 3.63) is 98.5 Å². The number of nitrogens with zero attached hydrogens (tertiary/aromatic N) is 1.